The average molecular weight is 224 g/mol. The first-order valence-electron chi connectivity index (χ1n) is 5.55. The predicted octanol–water partition coefficient (Wildman–Crippen LogP) is 0.571. The average Bonchev–Trinajstić information content (AvgIpc) is 2.34. The van der Waals surface area contributed by atoms with Crippen LogP contribution >= 0.6 is 0 Å². The van der Waals surface area contributed by atoms with Gasteiger partial charge in [-0.1, -0.05) is 6.92 Å². The van der Waals surface area contributed by atoms with Crippen molar-refractivity contribution in [2.75, 3.05) is 25.1 Å². The molecule has 0 fully saturated rings. The summed E-state index contributed by atoms with van der Waals surface area (Å²) in [7, 11) is 0. The predicted molar refractivity (Wildman–Crippen MR) is 64.7 cm³/mol. The van der Waals surface area contributed by atoms with E-state index in [1.807, 2.05) is 12.1 Å². The molecule has 1 aromatic rings. The Morgan fingerprint density at radius 1 is 1.56 bits per heavy atom. The summed E-state index contributed by atoms with van der Waals surface area (Å²) in [6.07, 6.45) is 2.55. The Bertz CT molecular complexity index is 306. The van der Waals surface area contributed by atoms with Crippen molar-refractivity contribution in [3.63, 3.8) is 0 Å². The molecule has 1 aromatic heterocycles. The van der Waals surface area contributed by atoms with E-state index in [2.05, 4.69) is 22.2 Å². The minimum Gasteiger partial charge on any atom is -0.396 e. The lowest BCUT2D eigenvalue weighted by Crippen LogP contribution is -2.24. The molecule has 5 heteroatoms. The second kappa shape index (κ2) is 7.16. The molecule has 0 aliphatic rings. The van der Waals surface area contributed by atoms with E-state index < -0.39 is 0 Å². The third-order valence-electron chi connectivity index (χ3n) is 2.46. The number of hydrogen-bond donors (Lipinski definition) is 3. The van der Waals surface area contributed by atoms with E-state index in [1.54, 1.807) is 6.20 Å². The lowest BCUT2D eigenvalue weighted by molar-refractivity contribution is 0.225. The molecular weight excluding hydrogens is 204 g/mol. The first-order valence-corrected chi connectivity index (χ1v) is 5.55. The van der Waals surface area contributed by atoms with Gasteiger partial charge in [0.2, 0.25) is 0 Å². The van der Waals surface area contributed by atoms with Crippen LogP contribution in [0.1, 0.15) is 18.9 Å². The number of nitrogen functional groups attached to an aromatic ring is 1. The van der Waals surface area contributed by atoms with Gasteiger partial charge >= 0.3 is 0 Å². The fourth-order valence-corrected chi connectivity index (χ4v) is 1.55. The maximum absolute atomic E-state index is 8.80. The normalized spacial score (nSPS) is 10.8. The molecule has 0 saturated heterocycles. The van der Waals surface area contributed by atoms with Crippen LogP contribution in [-0.4, -0.2) is 34.7 Å². The van der Waals surface area contributed by atoms with E-state index in [0.717, 1.165) is 26.1 Å². The largest absolute Gasteiger partial charge is 0.396 e. The minimum atomic E-state index is 0.239. The zero-order valence-corrected chi connectivity index (χ0v) is 9.69. The van der Waals surface area contributed by atoms with Crippen molar-refractivity contribution in [1.29, 1.82) is 0 Å². The van der Waals surface area contributed by atoms with Gasteiger partial charge < -0.3 is 10.5 Å². The topological polar surface area (TPSA) is 74.4 Å². The van der Waals surface area contributed by atoms with Crippen LogP contribution in [0.25, 0.3) is 0 Å². The highest BCUT2D eigenvalue weighted by Crippen LogP contribution is 2.08. The van der Waals surface area contributed by atoms with Crippen LogP contribution in [0.2, 0.25) is 0 Å². The second-order valence-corrected chi connectivity index (χ2v) is 3.64. The zero-order chi connectivity index (χ0) is 11.8. The molecular formula is C11H20N4O. The number of nitrogens with two attached hydrogens (primary N) is 1. The minimum absolute atomic E-state index is 0.239. The van der Waals surface area contributed by atoms with Crippen molar-refractivity contribution >= 4 is 5.82 Å². The quantitative estimate of drug-likeness (QED) is 0.466. The Hall–Kier alpha value is -1.17. The molecule has 0 spiro atoms. The van der Waals surface area contributed by atoms with Crippen LogP contribution in [0.5, 0.6) is 0 Å². The lowest BCUT2D eigenvalue weighted by Gasteiger charge is -2.20. The lowest BCUT2D eigenvalue weighted by atomic mass is 10.2. The van der Waals surface area contributed by atoms with Crippen LogP contribution in [0.15, 0.2) is 18.3 Å². The molecule has 0 amide bonds. The van der Waals surface area contributed by atoms with Crippen LogP contribution < -0.4 is 11.3 Å². The summed E-state index contributed by atoms with van der Waals surface area (Å²) in [5, 5.41) is 8.80. The van der Waals surface area contributed by atoms with Gasteiger partial charge in [-0.3, -0.25) is 4.90 Å². The molecule has 0 saturated carbocycles. The van der Waals surface area contributed by atoms with Crippen LogP contribution in [0.3, 0.4) is 0 Å². The van der Waals surface area contributed by atoms with Gasteiger partial charge in [0, 0.05) is 25.9 Å². The Morgan fingerprint density at radius 2 is 2.38 bits per heavy atom. The van der Waals surface area contributed by atoms with E-state index in [0.29, 0.717) is 5.82 Å². The zero-order valence-electron chi connectivity index (χ0n) is 9.69. The fourth-order valence-electron chi connectivity index (χ4n) is 1.55. The molecule has 0 aromatic carbocycles. The molecule has 1 rings (SSSR count). The number of rotatable bonds is 7. The molecule has 0 aliphatic heterocycles. The van der Waals surface area contributed by atoms with Gasteiger partial charge in [0.1, 0.15) is 5.82 Å². The summed E-state index contributed by atoms with van der Waals surface area (Å²) in [4.78, 5) is 6.33. The summed E-state index contributed by atoms with van der Waals surface area (Å²) in [6, 6.07) is 3.91. The molecule has 16 heavy (non-hydrogen) atoms. The first-order chi connectivity index (χ1) is 7.80. The Labute approximate surface area is 96.3 Å². The van der Waals surface area contributed by atoms with Gasteiger partial charge in [-0.05, 0) is 30.7 Å². The smallest absolute Gasteiger partial charge is 0.140 e. The molecule has 0 atom stereocenters. The molecule has 4 N–H and O–H groups in total. The number of nitrogens with zero attached hydrogens (tertiary/aromatic N) is 2. The van der Waals surface area contributed by atoms with Crippen molar-refractivity contribution in [2.45, 2.75) is 19.9 Å². The summed E-state index contributed by atoms with van der Waals surface area (Å²) >= 11 is 0. The second-order valence-electron chi connectivity index (χ2n) is 3.64. The van der Waals surface area contributed by atoms with Gasteiger partial charge in [-0.15, -0.1) is 0 Å². The van der Waals surface area contributed by atoms with Gasteiger partial charge in [0.05, 0.1) is 0 Å². The summed E-state index contributed by atoms with van der Waals surface area (Å²) in [5.74, 6) is 5.98. The van der Waals surface area contributed by atoms with E-state index in [-0.39, 0.29) is 6.61 Å². The number of aromatic nitrogens is 1. The molecule has 0 aliphatic carbocycles. The van der Waals surface area contributed by atoms with Crippen LogP contribution in [0.4, 0.5) is 5.82 Å². The molecule has 1 heterocycles. The summed E-state index contributed by atoms with van der Waals surface area (Å²) in [6.45, 7) is 5.07. The maximum atomic E-state index is 8.80. The fraction of sp³-hybridized carbons (Fsp3) is 0.545. The van der Waals surface area contributed by atoms with E-state index in [9.17, 15) is 0 Å². The SMILES string of the molecule is CCN(CCCO)Cc1ccnc(NN)c1. The monoisotopic (exact) mass is 224 g/mol. The van der Waals surface area contributed by atoms with Crippen molar-refractivity contribution < 1.29 is 5.11 Å². The molecule has 5 nitrogen and oxygen atoms in total. The highest BCUT2D eigenvalue weighted by Gasteiger charge is 2.03. The number of pyridine rings is 1. The maximum Gasteiger partial charge on any atom is 0.140 e. The van der Waals surface area contributed by atoms with Gasteiger partial charge in [0.25, 0.3) is 0 Å². The van der Waals surface area contributed by atoms with Gasteiger partial charge in [-0.25, -0.2) is 10.8 Å². The number of hydrazine groups is 1. The highest BCUT2D eigenvalue weighted by molar-refractivity contribution is 5.35. The third kappa shape index (κ3) is 4.14. The summed E-state index contributed by atoms with van der Waals surface area (Å²) in [5.41, 5.74) is 3.70. The number of hydrogen-bond acceptors (Lipinski definition) is 5. The molecule has 0 bridgehead atoms. The van der Waals surface area contributed by atoms with Crippen molar-refractivity contribution in [3.8, 4) is 0 Å². The Morgan fingerprint density at radius 3 is 3.00 bits per heavy atom. The molecule has 90 valence electrons. The van der Waals surface area contributed by atoms with E-state index >= 15 is 0 Å². The third-order valence-corrected chi connectivity index (χ3v) is 2.46. The van der Waals surface area contributed by atoms with Crippen LogP contribution in [-0.2, 0) is 6.54 Å². The van der Waals surface area contributed by atoms with Gasteiger partial charge in [-0.2, -0.15) is 0 Å². The van der Waals surface area contributed by atoms with Crippen molar-refractivity contribution in [1.82, 2.24) is 9.88 Å². The standard InChI is InChI=1S/C11H20N4O/c1-2-15(6-3-7-16)9-10-4-5-13-11(8-10)14-12/h4-5,8,16H,2-3,6-7,9,12H2,1H3,(H,13,14). The number of nitrogens with one attached hydrogen (secondary N) is 1. The Balaban J connectivity index is 2.55. The van der Waals surface area contributed by atoms with Crippen molar-refractivity contribution in [3.05, 3.63) is 23.9 Å². The molecule has 0 unspecified atom stereocenters. The van der Waals surface area contributed by atoms with E-state index in [4.69, 9.17) is 10.9 Å². The number of anilines is 1. The number of aliphatic hydroxyl groups is 1. The first kappa shape index (κ1) is 12.9. The number of aliphatic hydroxyl groups excluding tert-OH is 1. The van der Waals surface area contributed by atoms with E-state index in [1.165, 1.54) is 5.56 Å². The van der Waals surface area contributed by atoms with Crippen molar-refractivity contribution in [2.24, 2.45) is 5.84 Å². The Kier molecular flexibility index (Phi) is 5.77. The van der Waals surface area contributed by atoms with Crippen LogP contribution in [0, 0.1) is 0 Å². The molecule has 0 radical (unpaired) electrons. The van der Waals surface area contributed by atoms with Gasteiger partial charge in [0.15, 0.2) is 0 Å². The highest BCUT2D eigenvalue weighted by atomic mass is 16.3. The summed E-state index contributed by atoms with van der Waals surface area (Å²) < 4.78 is 0.